The van der Waals surface area contributed by atoms with Gasteiger partial charge in [0.25, 0.3) is 0 Å². The molecule has 2 aromatic rings. The first-order chi connectivity index (χ1) is 14.5. The Morgan fingerprint density at radius 1 is 0.967 bits per heavy atom. The van der Waals surface area contributed by atoms with Gasteiger partial charge in [-0.15, -0.1) is 0 Å². The summed E-state index contributed by atoms with van der Waals surface area (Å²) < 4.78 is 10.3. The summed E-state index contributed by atoms with van der Waals surface area (Å²) in [6, 6.07) is 17.6. The Kier molecular flexibility index (Phi) is 5.53. The van der Waals surface area contributed by atoms with Gasteiger partial charge >= 0.3 is 5.97 Å². The van der Waals surface area contributed by atoms with Crippen molar-refractivity contribution in [2.45, 2.75) is 31.6 Å². The number of allylic oxidation sites excluding steroid dienone is 2. The van der Waals surface area contributed by atoms with Crippen LogP contribution in [0.1, 0.15) is 42.7 Å². The molecule has 30 heavy (non-hydrogen) atoms. The largest absolute Gasteiger partial charge is 0.497 e. The fraction of sp³-hybridized carbons (Fsp3) is 0.320. The van der Waals surface area contributed by atoms with E-state index in [2.05, 4.69) is 0 Å². The number of aliphatic imine (C=N–C) groups is 1. The zero-order chi connectivity index (χ0) is 21.3. The summed E-state index contributed by atoms with van der Waals surface area (Å²) in [6.07, 6.45) is 1.07. The molecule has 0 spiro atoms. The molecular formula is C25H25NO4. The van der Waals surface area contributed by atoms with Crippen LogP contribution >= 0.6 is 0 Å². The molecule has 5 heteroatoms. The van der Waals surface area contributed by atoms with Crippen LogP contribution < -0.4 is 4.74 Å². The monoisotopic (exact) mass is 403 g/mol. The summed E-state index contributed by atoms with van der Waals surface area (Å²) in [4.78, 5) is 30.8. The smallest absolute Gasteiger partial charge is 0.315 e. The van der Waals surface area contributed by atoms with Gasteiger partial charge in [0.2, 0.25) is 0 Å². The predicted octanol–water partition coefficient (Wildman–Crippen LogP) is 4.44. The molecule has 3 atom stereocenters. The lowest BCUT2D eigenvalue weighted by Crippen LogP contribution is -2.37. The highest BCUT2D eigenvalue weighted by Crippen LogP contribution is 2.46. The summed E-state index contributed by atoms with van der Waals surface area (Å²) in [6.45, 7) is 1.85. The molecule has 154 valence electrons. The zero-order valence-electron chi connectivity index (χ0n) is 17.4. The maximum absolute atomic E-state index is 13.4. The first-order valence-corrected chi connectivity index (χ1v) is 10.1. The minimum atomic E-state index is -0.586. The van der Waals surface area contributed by atoms with Crippen molar-refractivity contribution in [1.29, 1.82) is 0 Å². The maximum atomic E-state index is 13.4. The summed E-state index contributed by atoms with van der Waals surface area (Å²) in [5.74, 6) is -0.409. The van der Waals surface area contributed by atoms with Crippen LogP contribution in [0.15, 0.2) is 70.9 Å². The Bertz CT molecular complexity index is 1020. The summed E-state index contributed by atoms with van der Waals surface area (Å²) >= 11 is 0. The second-order valence-electron chi connectivity index (χ2n) is 7.80. The third-order valence-corrected chi connectivity index (χ3v) is 6.09. The molecule has 4 rings (SSSR count). The van der Waals surface area contributed by atoms with Gasteiger partial charge in [-0.3, -0.25) is 14.6 Å². The topological polar surface area (TPSA) is 65.0 Å². The van der Waals surface area contributed by atoms with Gasteiger partial charge < -0.3 is 9.47 Å². The first-order valence-electron chi connectivity index (χ1n) is 10.1. The molecule has 0 aromatic heterocycles. The minimum absolute atomic E-state index is 0.0519. The molecule has 0 amide bonds. The molecule has 0 fully saturated rings. The lowest BCUT2D eigenvalue weighted by Gasteiger charge is -2.36. The normalized spacial score (nSPS) is 23.5. The van der Waals surface area contributed by atoms with Gasteiger partial charge in [0.15, 0.2) is 5.78 Å². The minimum Gasteiger partial charge on any atom is -0.497 e. The number of benzene rings is 2. The molecule has 0 bridgehead atoms. The Balaban J connectivity index is 1.76. The van der Waals surface area contributed by atoms with Gasteiger partial charge in [0, 0.05) is 29.3 Å². The van der Waals surface area contributed by atoms with Gasteiger partial charge in [-0.2, -0.15) is 0 Å². The lowest BCUT2D eigenvalue weighted by molar-refractivity contribution is -0.143. The summed E-state index contributed by atoms with van der Waals surface area (Å²) in [7, 11) is 3.02. The van der Waals surface area contributed by atoms with Crippen LogP contribution in [0.25, 0.3) is 0 Å². The van der Waals surface area contributed by atoms with Gasteiger partial charge in [-0.1, -0.05) is 42.5 Å². The number of ketones is 1. The molecule has 2 aliphatic rings. The Hall–Kier alpha value is -3.21. The molecule has 0 radical (unpaired) electrons. The number of methoxy groups -OCH3 is 2. The van der Waals surface area contributed by atoms with E-state index < -0.39 is 5.92 Å². The number of esters is 1. The molecule has 1 unspecified atom stereocenters. The number of Topliss-reactive ketones (excluding diaryl/α,β-unsaturated/α-hetero) is 1. The number of hydrogen-bond acceptors (Lipinski definition) is 5. The Labute approximate surface area is 176 Å². The number of ether oxygens (including phenoxy) is 2. The van der Waals surface area contributed by atoms with Crippen LogP contribution in [0.5, 0.6) is 5.75 Å². The summed E-state index contributed by atoms with van der Waals surface area (Å²) in [5, 5.41) is 0. The molecule has 1 aliphatic carbocycles. The third kappa shape index (κ3) is 3.56. The van der Waals surface area contributed by atoms with Gasteiger partial charge in [-0.25, -0.2) is 0 Å². The average molecular weight is 403 g/mol. The van der Waals surface area contributed by atoms with Crippen molar-refractivity contribution in [2.75, 3.05) is 14.2 Å². The number of carbonyl (C=O) groups is 2. The third-order valence-electron chi connectivity index (χ3n) is 6.09. The molecule has 5 nitrogen and oxygen atoms in total. The lowest BCUT2D eigenvalue weighted by atomic mass is 9.69. The molecule has 0 saturated carbocycles. The van der Waals surface area contributed by atoms with E-state index in [4.69, 9.17) is 14.5 Å². The molecule has 1 aliphatic heterocycles. The highest BCUT2D eigenvalue weighted by Gasteiger charge is 2.44. The van der Waals surface area contributed by atoms with E-state index in [0.29, 0.717) is 24.1 Å². The van der Waals surface area contributed by atoms with Crippen molar-refractivity contribution in [2.24, 2.45) is 10.9 Å². The van der Waals surface area contributed by atoms with E-state index in [1.807, 2.05) is 61.5 Å². The van der Waals surface area contributed by atoms with Crippen molar-refractivity contribution >= 4 is 17.5 Å². The highest BCUT2D eigenvalue weighted by molar-refractivity contribution is 6.09. The SMILES string of the molecule is COC(=O)C1C(C)=NC2=C(C(=O)C[C@@H](c3ccc(OC)cc3)C2)[C@H]1c1ccccc1. The van der Waals surface area contributed by atoms with Gasteiger partial charge in [-0.05, 0) is 42.5 Å². The van der Waals surface area contributed by atoms with Crippen LogP contribution in [0.4, 0.5) is 0 Å². The van der Waals surface area contributed by atoms with E-state index in [1.165, 1.54) is 7.11 Å². The van der Waals surface area contributed by atoms with E-state index in [9.17, 15) is 9.59 Å². The molecule has 1 heterocycles. The molecule has 0 saturated heterocycles. The summed E-state index contributed by atoms with van der Waals surface area (Å²) in [5.41, 5.74) is 4.17. The van der Waals surface area contributed by atoms with Crippen molar-refractivity contribution in [3.05, 3.63) is 77.0 Å². The fourth-order valence-corrected chi connectivity index (χ4v) is 4.62. The van der Waals surface area contributed by atoms with Crippen LogP contribution in [0.3, 0.4) is 0 Å². The van der Waals surface area contributed by atoms with Gasteiger partial charge in [0.05, 0.1) is 14.2 Å². The first kappa shape index (κ1) is 20.1. The van der Waals surface area contributed by atoms with Gasteiger partial charge in [0.1, 0.15) is 11.7 Å². The quantitative estimate of drug-likeness (QED) is 0.708. The van der Waals surface area contributed by atoms with Crippen molar-refractivity contribution in [3.63, 3.8) is 0 Å². The van der Waals surface area contributed by atoms with E-state index in [-0.39, 0.29) is 23.6 Å². The second-order valence-corrected chi connectivity index (χ2v) is 7.80. The maximum Gasteiger partial charge on any atom is 0.315 e. The van der Waals surface area contributed by atoms with Crippen molar-refractivity contribution in [1.82, 2.24) is 0 Å². The van der Waals surface area contributed by atoms with Crippen LogP contribution in [-0.2, 0) is 14.3 Å². The number of rotatable bonds is 4. The number of hydrogen-bond donors (Lipinski definition) is 0. The van der Waals surface area contributed by atoms with Crippen LogP contribution in [-0.4, -0.2) is 31.7 Å². The second kappa shape index (κ2) is 8.27. The van der Waals surface area contributed by atoms with E-state index >= 15 is 0 Å². The van der Waals surface area contributed by atoms with E-state index in [1.54, 1.807) is 7.11 Å². The Morgan fingerprint density at radius 2 is 1.67 bits per heavy atom. The standard InChI is InChI=1S/C25H25NO4/c1-15-22(25(28)30-3)23(17-7-5-4-6-8-17)24-20(26-15)13-18(14-21(24)27)16-9-11-19(29-2)12-10-16/h4-12,18,22-23H,13-14H2,1-3H3/t18-,22?,23-/m0/s1. The predicted molar refractivity (Wildman–Crippen MR) is 115 cm³/mol. The van der Waals surface area contributed by atoms with Crippen molar-refractivity contribution < 1.29 is 19.1 Å². The zero-order valence-corrected chi connectivity index (χ0v) is 17.4. The van der Waals surface area contributed by atoms with Crippen LogP contribution in [0.2, 0.25) is 0 Å². The number of carbonyl (C=O) groups excluding carboxylic acids is 2. The molecule has 0 N–H and O–H groups in total. The molecular weight excluding hydrogens is 378 g/mol. The number of nitrogens with zero attached hydrogens (tertiary/aromatic N) is 1. The highest BCUT2D eigenvalue weighted by atomic mass is 16.5. The fourth-order valence-electron chi connectivity index (χ4n) is 4.62. The van der Waals surface area contributed by atoms with Crippen LogP contribution in [0, 0.1) is 5.92 Å². The molecule has 2 aromatic carbocycles. The van der Waals surface area contributed by atoms with E-state index in [0.717, 1.165) is 22.6 Å². The average Bonchev–Trinajstić information content (AvgIpc) is 2.78. The van der Waals surface area contributed by atoms with Crippen molar-refractivity contribution in [3.8, 4) is 5.75 Å². The Morgan fingerprint density at radius 3 is 2.30 bits per heavy atom.